The van der Waals surface area contributed by atoms with E-state index in [-0.39, 0.29) is 12.4 Å². The molecule has 2 aromatic carbocycles. The van der Waals surface area contributed by atoms with E-state index in [2.05, 4.69) is 10.5 Å². The maximum atomic E-state index is 12.1. The third-order valence-electron chi connectivity index (χ3n) is 3.36. The molecule has 6 nitrogen and oxygen atoms in total. The largest absolute Gasteiger partial charge is 0.507 e. The summed E-state index contributed by atoms with van der Waals surface area (Å²) in [7, 11) is 0. The van der Waals surface area contributed by atoms with Crippen molar-refractivity contribution in [1.82, 2.24) is 5.43 Å². The lowest BCUT2D eigenvalue weighted by atomic mass is 10.1. The standard InChI is InChI=1S/C17H16N2O4/c1-11-6-7-13(20)12(8-11)9-18-19-17(21)16-10-22-14-4-2-3-5-15(14)23-16/h2-9,16,20H,10H2,1H3,(H,19,21)/b18-9+/t16-/m1/s1. The quantitative estimate of drug-likeness (QED) is 0.671. The van der Waals surface area contributed by atoms with Crippen LogP contribution in [0.25, 0.3) is 0 Å². The number of ether oxygens (including phenoxy) is 2. The van der Waals surface area contributed by atoms with Gasteiger partial charge in [-0.3, -0.25) is 4.79 Å². The smallest absolute Gasteiger partial charge is 0.284 e. The second-order valence-electron chi connectivity index (χ2n) is 5.16. The summed E-state index contributed by atoms with van der Waals surface area (Å²) in [5, 5.41) is 13.6. The number of hydrogen-bond donors (Lipinski definition) is 2. The van der Waals surface area contributed by atoms with Crippen LogP contribution >= 0.6 is 0 Å². The van der Waals surface area contributed by atoms with Gasteiger partial charge in [0.15, 0.2) is 11.5 Å². The molecule has 0 unspecified atom stereocenters. The molecule has 1 amide bonds. The normalized spacial score (nSPS) is 16.3. The van der Waals surface area contributed by atoms with Gasteiger partial charge in [0.2, 0.25) is 6.10 Å². The Morgan fingerprint density at radius 2 is 2.09 bits per heavy atom. The number of para-hydroxylation sites is 2. The molecular formula is C17H16N2O4. The predicted octanol–water partition coefficient (Wildman–Crippen LogP) is 1.99. The molecule has 23 heavy (non-hydrogen) atoms. The molecule has 2 N–H and O–H groups in total. The zero-order valence-corrected chi connectivity index (χ0v) is 12.5. The van der Waals surface area contributed by atoms with Gasteiger partial charge < -0.3 is 14.6 Å². The average Bonchev–Trinajstić information content (AvgIpc) is 2.57. The van der Waals surface area contributed by atoms with E-state index in [1.54, 1.807) is 36.4 Å². The van der Waals surface area contributed by atoms with E-state index in [9.17, 15) is 9.90 Å². The van der Waals surface area contributed by atoms with Crippen molar-refractivity contribution in [3.63, 3.8) is 0 Å². The van der Waals surface area contributed by atoms with Crippen LogP contribution in [0.1, 0.15) is 11.1 Å². The number of amides is 1. The SMILES string of the molecule is Cc1ccc(O)c(/C=N/NC(=O)[C@H]2COc3ccccc3O2)c1. The Bertz CT molecular complexity index is 758. The number of benzene rings is 2. The molecule has 3 rings (SSSR count). The predicted molar refractivity (Wildman–Crippen MR) is 84.9 cm³/mol. The number of phenolic OH excluding ortho intramolecular Hbond substituents is 1. The number of nitrogens with one attached hydrogen (secondary N) is 1. The van der Waals surface area contributed by atoms with Gasteiger partial charge in [0.05, 0.1) is 6.21 Å². The third-order valence-corrected chi connectivity index (χ3v) is 3.36. The molecule has 0 bridgehead atoms. The molecule has 1 heterocycles. The minimum Gasteiger partial charge on any atom is -0.507 e. The van der Waals surface area contributed by atoms with Crippen molar-refractivity contribution in [2.75, 3.05) is 6.61 Å². The van der Waals surface area contributed by atoms with E-state index < -0.39 is 12.0 Å². The van der Waals surface area contributed by atoms with Gasteiger partial charge in [0.25, 0.3) is 5.91 Å². The molecule has 0 saturated carbocycles. The van der Waals surface area contributed by atoms with Crippen LogP contribution in [0.3, 0.4) is 0 Å². The van der Waals surface area contributed by atoms with E-state index >= 15 is 0 Å². The number of rotatable bonds is 3. The van der Waals surface area contributed by atoms with Crippen molar-refractivity contribution < 1.29 is 19.4 Å². The van der Waals surface area contributed by atoms with Crippen LogP contribution in [-0.2, 0) is 4.79 Å². The fraction of sp³-hybridized carbons (Fsp3) is 0.176. The van der Waals surface area contributed by atoms with E-state index in [0.29, 0.717) is 17.1 Å². The van der Waals surface area contributed by atoms with Crippen LogP contribution in [0.15, 0.2) is 47.6 Å². The summed E-state index contributed by atoms with van der Waals surface area (Å²) >= 11 is 0. The number of aromatic hydroxyl groups is 1. The lowest BCUT2D eigenvalue weighted by Crippen LogP contribution is -2.42. The van der Waals surface area contributed by atoms with E-state index in [1.165, 1.54) is 6.21 Å². The number of hydrogen-bond acceptors (Lipinski definition) is 5. The van der Waals surface area contributed by atoms with Gasteiger partial charge in [-0.25, -0.2) is 5.43 Å². The summed E-state index contributed by atoms with van der Waals surface area (Å²) in [4.78, 5) is 12.1. The number of carbonyl (C=O) groups is 1. The maximum absolute atomic E-state index is 12.1. The van der Waals surface area contributed by atoms with Gasteiger partial charge >= 0.3 is 0 Å². The summed E-state index contributed by atoms with van der Waals surface area (Å²) < 4.78 is 11.1. The minimum absolute atomic E-state index is 0.0970. The molecule has 0 aromatic heterocycles. The first-order chi connectivity index (χ1) is 11.1. The topological polar surface area (TPSA) is 80.2 Å². The van der Waals surface area contributed by atoms with Crippen molar-refractivity contribution in [3.05, 3.63) is 53.6 Å². The summed E-state index contributed by atoms with van der Waals surface area (Å²) in [6.45, 7) is 2.02. The van der Waals surface area contributed by atoms with Gasteiger partial charge in [0.1, 0.15) is 12.4 Å². The average molecular weight is 312 g/mol. The first kappa shape index (κ1) is 14.9. The fourth-order valence-corrected chi connectivity index (χ4v) is 2.16. The van der Waals surface area contributed by atoms with Crippen LogP contribution in [0.2, 0.25) is 0 Å². The highest BCUT2D eigenvalue weighted by Crippen LogP contribution is 2.30. The van der Waals surface area contributed by atoms with Crippen LogP contribution < -0.4 is 14.9 Å². The monoisotopic (exact) mass is 312 g/mol. The van der Waals surface area contributed by atoms with Crippen molar-refractivity contribution >= 4 is 12.1 Å². The number of aryl methyl sites for hydroxylation is 1. The maximum Gasteiger partial charge on any atom is 0.284 e. The van der Waals surface area contributed by atoms with Crippen LogP contribution in [0.4, 0.5) is 0 Å². The first-order valence-electron chi connectivity index (χ1n) is 7.14. The highest BCUT2D eigenvalue weighted by molar-refractivity contribution is 5.86. The fourth-order valence-electron chi connectivity index (χ4n) is 2.16. The Morgan fingerprint density at radius 3 is 2.91 bits per heavy atom. The highest BCUT2D eigenvalue weighted by atomic mass is 16.6. The second kappa shape index (κ2) is 6.39. The lowest BCUT2D eigenvalue weighted by Gasteiger charge is -2.24. The van der Waals surface area contributed by atoms with Crippen molar-refractivity contribution in [2.24, 2.45) is 5.10 Å². The van der Waals surface area contributed by atoms with Crippen molar-refractivity contribution in [3.8, 4) is 17.2 Å². The zero-order chi connectivity index (χ0) is 16.2. The van der Waals surface area contributed by atoms with E-state index in [1.807, 2.05) is 13.0 Å². The highest BCUT2D eigenvalue weighted by Gasteiger charge is 2.26. The summed E-state index contributed by atoms with van der Waals surface area (Å²) in [5.41, 5.74) is 3.90. The number of fused-ring (bicyclic) bond motifs is 1. The lowest BCUT2D eigenvalue weighted by molar-refractivity contribution is -0.130. The molecule has 118 valence electrons. The molecule has 1 atom stereocenters. The number of nitrogens with zero attached hydrogens (tertiary/aromatic N) is 1. The van der Waals surface area contributed by atoms with Gasteiger partial charge in [-0.2, -0.15) is 5.10 Å². The third kappa shape index (κ3) is 3.42. The molecule has 0 spiro atoms. The molecule has 0 radical (unpaired) electrons. The van der Waals surface area contributed by atoms with Crippen molar-refractivity contribution in [2.45, 2.75) is 13.0 Å². The molecule has 6 heteroatoms. The number of hydrazone groups is 1. The van der Waals surface area contributed by atoms with Gasteiger partial charge in [-0.15, -0.1) is 0 Å². The molecular weight excluding hydrogens is 296 g/mol. The Kier molecular flexibility index (Phi) is 4.14. The molecule has 0 fully saturated rings. The Labute approximate surface area is 133 Å². The number of carbonyl (C=O) groups excluding carboxylic acids is 1. The van der Waals surface area contributed by atoms with Crippen LogP contribution in [0.5, 0.6) is 17.2 Å². The number of phenols is 1. The Hall–Kier alpha value is -3.02. The van der Waals surface area contributed by atoms with Crippen LogP contribution in [-0.4, -0.2) is 29.9 Å². The summed E-state index contributed by atoms with van der Waals surface area (Å²) in [6, 6.07) is 12.3. The molecule has 0 saturated heterocycles. The van der Waals surface area contributed by atoms with E-state index in [0.717, 1.165) is 5.56 Å². The Morgan fingerprint density at radius 1 is 1.30 bits per heavy atom. The van der Waals surface area contributed by atoms with Gasteiger partial charge in [-0.1, -0.05) is 23.8 Å². The van der Waals surface area contributed by atoms with Gasteiger partial charge in [-0.05, 0) is 31.2 Å². The van der Waals surface area contributed by atoms with Gasteiger partial charge in [0, 0.05) is 5.56 Å². The zero-order valence-electron chi connectivity index (χ0n) is 12.5. The molecule has 1 aliphatic heterocycles. The summed E-state index contributed by atoms with van der Waals surface area (Å²) in [6.07, 6.45) is 0.617. The van der Waals surface area contributed by atoms with Crippen molar-refractivity contribution in [1.29, 1.82) is 0 Å². The molecule has 2 aromatic rings. The Balaban J connectivity index is 1.62. The van der Waals surface area contributed by atoms with Crippen LogP contribution in [0, 0.1) is 6.92 Å². The second-order valence-corrected chi connectivity index (χ2v) is 5.16. The summed E-state index contributed by atoms with van der Waals surface area (Å²) in [5.74, 6) is 0.826. The molecule has 1 aliphatic rings. The first-order valence-corrected chi connectivity index (χ1v) is 7.14. The minimum atomic E-state index is -0.770. The molecule has 0 aliphatic carbocycles. The van der Waals surface area contributed by atoms with E-state index in [4.69, 9.17) is 9.47 Å².